The van der Waals surface area contributed by atoms with E-state index in [2.05, 4.69) is 28.7 Å². The van der Waals surface area contributed by atoms with Gasteiger partial charge in [-0.05, 0) is 38.9 Å². The minimum absolute atomic E-state index is 0.733. The summed E-state index contributed by atoms with van der Waals surface area (Å²) in [6, 6.07) is 0.742. The molecule has 20 heavy (non-hydrogen) atoms. The molecule has 2 unspecified atom stereocenters. The van der Waals surface area contributed by atoms with Gasteiger partial charge in [-0.25, -0.2) is 0 Å². The highest BCUT2D eigenvalue weighted by Gasteiger charge is 2.28. The fourth-order valence-corrected chi connectivity index (χ4v) is 3.84. The van der Waals surface area contributed by atoms with Crippen molar-refractivity contribution in [3.05, 3.63) is 0 Å². The Morgan fingerprint density at radius 1 is 1.10 bits per heavy atom. The van der Waals surface area contributed by atoms with Crippen molar-refractivity contribution in [3.63, 3.8) is 0 Å². The number of hydrogen-bond acceptors (Lipinski definition) is 4. The Kier molecular flexibility index (Phi) is 6.75. The minimum Gasteiger partial charge on any atom is -0.330 e. The molecule has 2 atom stereocenters. The Morgan fingerprint density at radius 2 is 1.80 bits per heavy atom. The molecule has 4 nitrogen and oxygen atoms in total. The van der Waals surface area contributed by atoms with Crippen LogP contribution in [0.3, 0.4) is 0 Å². The molecule has 0 aromatic carbocycles. The van der Waals surface area contributed by atoms with E-state index in [1.807, 2.05) is 0 Å². The molecule has 1 aliphatic heterocycles. The van der Waals surface area contributed by atoms with Crippen LogP contribution in [0.1, 0.15) is 32.6 Å². The highest BCUT2D eigenvalue weighted by molar-refractivity contribution is 4.84. The van der Waals surface area contributed by atoms with Crippen LogP contribution in [0.2, 0.25) is 0 Å². The third-order valence-electron chi connectivity index (χ3n) is 5.35. The van der Waals surface area contributed by atoms with Crippen LogP contribution < -0.4 is 5.73 Å². The van der Waals surface area contributed by atoms with Crippen LogP contribution in [-0.4, -0.2) is 80.1 Å². The second-order valence-electron chi connectivity index (χ2n) is 6.62. The van der Waals surface area contributed by atoms with Gasteiger partial charge in [0, 0.05) is 45.3 Å². The summed E-state index contributed by atoms with van der Waals surface area (Å²) >= 11 is 0. The van der Waals surface area contributed by atoms with Crippen molar-refractivity contribution in [3.8, 4) is 0 Å². The van der Waals surface area contributed by atoms with Crippen LogP contribution in [-0.2, 0) is 0 Å². The van der Waals surface area contributed by atoms with Crippen molar-refractivity contribution >= 4 is 0 Å². The molecule has 0 aromatic rings. The molecular weight excluding hydrogens is 248 g/mol. The summed E-state index contributed by atoms with van der Waals surface area (Å²) in [4.78, 5) is 7.76. The number of nitrogens with zero attached hydrogens (tertiary/aromatic N) is 3. The first kappa shape index (κ1) is 16.2. The van der Waals surface area contributed by atoms with Gasteiger partial charge in [-0.15, -0.1) is 0 Å². The predicted molar refractivity (Wildman–Crippen MR) is 86.0 cm³/mol. The van der Waals surface area contributed by atoms with Gasteiger partial charge in [-0.2, -0.15) is 0 Å². The summed E-state index contributed by atoms with van der Waals surface area (Å²) in [5.74, 6) is 0.733. The molecule has 1 saturated carbocycles. The van der Waals surface area contributed by atoms with Crippen molar-refractivity contribution in [2.24, 2.45) is 11.7 Å². The van der Waals surface area contributed by atoms with Crippen LogP contribution in [0.25, 0.3) is 0 Å². The highest BCUT2D eigenvalue weighted by Crippen LogP contribution is 2.27. The molecule has 1 heterocycles. The first-order valence-electron chi connectivity index (χ1n) is 8.59. The van der Waals surface area contributed by atoms with Gasteiger partial charge in [-0.3, -0.25) is 9.80 Å². The monoisotopic (exact) mass is 282 g/mol. The fraction of sp³-hybridized carbons (Fsp3) is 1.00. The summed E-state index contributed by atoms with van der Waals surface area (Å²) in [5.41, 5.74) is 6.00. The smallest absolute Gasteiger partial charge is 0.0136 e. The van der Waals surface area contributed by atoms with E-state index >= 15 is 0 Å². The summed E-state index contributed by atoms with van der Waals surface area (Å²) in [7, 11) is 2.23. The van der Waals surface area contributed by atoms with E-state index in [1.54, 1.807) is 0 Å². The summed E-state index contributed by atoms with van der Waals surface area (Å²) < 4.78 is 0. The van der Waals surface area contributed by atoms with Crippen LogP contribution >= 0.6 is 0 Å². The Balaban J connectivity index is 1.79. The molecule has 0 amide bonds. The molecule has 1 saturated heterocycles. The Bertz CT molecular complexity index is 263. The predicted octanol–water partition coefficient (Wildman–Crippen LogP) is 1.07. The maximum atomic E-state index is 6.00. The molecule has 2 fully saturated rings. The van der Waals surface area contributed by atoms with Gasteiger partial charge in [0.05, 0.1) is 0 Å². The molecule has 0 spiro atoms. The zero-order chi connectivity index (χ0) is 14.4. The topological polar surface area (TPSA) is 35.7 Å². The average Bonchev–Trinajstić information content (AvgIpc) is 2.50. The normalized spacial score (nSPS) is 30.0. The maximum Gasteiger partial charge on any atom is 0.0136 e. The highest BCUT2D eigenvalue weighted by atomic mass is 15.3. The Labute approximate surface area is 125 Å². The average molecular weight is 282 g/mol. The third kappa shape index (κ3) is 4.42. The lowest BCUT2D eigenvalue weighted by molar-refractivity contribution is 0.0847. The first-order chi connectivity index (χ1) is 9.74. The summed E-state index contributed by atoms with van der Waals surface area (Å²) in [5, 5.41) is 0. The van der Waals surface area contributed by atoms with E-state index in [0.717, 1.165) is 18.5 Å². The van der Waals surface area contributed by atoms with Crippen molar-refractivity contribution in [2.45, 2.75) is 38.6 Å². The van der Waals surface area contributed by atoms with Gasteiger partial charge in [0.1, 0.15) is 0 Å². The number of piperazine rings is 1. The molecule has 0 aromatic heterocycles. The number of hydrogen-bond donors (Lipinski definition) is 1. The van der Waals surface area contributed by atoms with Gasteiger partial charge < -0.3 is 10.6 Å². The van der Waals surface area contributed by atoms with Gasteiger partial charge in [0.2, 0.25) is 0 Å². The summed E-state index contributed by atoms with van der Waals surface area (Å²) in [6.45, 7) is 11.7. The first-order valence-corrected chi connectivity index (χ1v) is 8.59. The second-order valence-corrected chi connectivity index (χ2v) is 6.62. The molecule has 0 radical (unpaired) electrons. The number of rotatable bonds is 6. The van der Waals surface area contributed by atoms with Crippen molar-refractivity contribution in [1.29, 1.82) is 0 Å². The molecular formula is C16H34N4. The zero-order valence-electron chi connectivity index (χ0n) is 13.6. The molecule has 1 aliphatic carbocycles. The zero-order valence-corrected chi connectivity index (χ0v) is 13.6. The van der Waals surface area contributed by atoms with Gasteiger partial charge in [0.25, 0.3) is 0 Å². The molecule has 118 valence electrons. The van der Waals surface area contributed by atoms with E-state index in [0.29, 0.717) is 0 Å². The SMILES string of the molecule is CCN(CCN1CCN(C)CC1)C1CCCCC1CN. The molecule has 4 heteroatoms. The lowest BCUT2D eigenvalue weighted by Crippen LogP contribution is -2.50. The van der Waals surface area contributed by atoms with E-state index in [4.69, 9.17) is 5.73 Å². The lowest BCUT2D eigenvalue weighted by Gasteiger charge is -2.41. The number of nitrogens with two attached hydrogens (primary N) is 1. The van der Waals surface area contributed by atoms with E-state index in [-0.39, 0.29) is 0 Å². The van der Waals surface area contributed by atoms with Gasteiger partial charge >= 0.3 is 0 Å². The van der Waals surface area contributed by atoms with Crippen LogP contribution in [0.5, 0.6) is 0 Å². The quantitative estimate of drug-likeness (QED) is 0.791. The fourth-order valence-electron chi connectivity index (χ4n) is 3.84. The van der Waals surface area contributed by atoms with Crippen LogP contribution in [0, 0.1) is 5.92 Å². The largest absolute Gasteiger partial charge is 0.330 e. The van der Waals surface area contributed by atoms with E-state index < -0.39 is 0 Å². The minimum atomic E-state index is 0.733. The van der Waals surface area contributed by atoms with Crippen LogP contribution in [0.4, 0.5) is 0 Å². The molecule has 0 bridgehead atoms. The maximum absolute atomic E-state index is 6.00. The molecule has 2 aliphatic rings. The van der Waals surface area contributed by atoms with E-state index in [9.17, 15) is 0 Å². The van der Waals surface area contributed by atoms with Crippen molar-refractivity contribution in [1.82, 2.24) is 14.7 Å². The standard InChI is InChI=1S/C16H34N4/c1-3-20(16-7-5-4-6-15(16)14-17)13-12-19-10-8-18(2)9-11-19/h15-16H,3-14,17H2,1-2H3. The second kappa shape index (κ2) is 8.32. The molecule has 2 rings (SSSR count). The Hall–Kier alpha value is -0.160. The summed E-state index contributed by atoms with van der Waals surface area (Å²) in [6.07, 6.45) is 5.48. The van der Waals surface area contributed by atoms with Crippen molar-refractivity contribution < 1.29 is 0 Å². The third-order valence-corrected chi connectivity index (χ3v) is 5.35. The van der Waals surface area contributed by atoms with Gasteiger partial charge in [0.15, 0.2) is 0 Å². The lowest BCUT2D eigenvalue weighted by atomic mass is 9.83. The number of likely N-dealkylation sites (N-methyl/N-ethyl adjacent to an activating group) is 2. The van der Waals surface area contributed by atoms with Gasteiger partial charge in [-0.1, -0.05) is 19.8 Å². The Morgan fingerprint density at radius 3 is 2.45 bits per heavy atom. The molecule has 2 N–H and O–H groups in total. The van der Waals surface area contributed by atoms with Crippen LogP contribution in [0.15, 0.2) is 0 Å². The van der Waals surface area contributed by atoms with E-state index in [1.165, 1.54) is 71.5 Å². The van der Waals surface area contributed by atoms with Crippen molar-refractivity contribution in [2.75, 3.05) is 59.4 Å².